The second-order valence-corrected chi connectivity index (χ2v) is 6.46. The van der Waals surface area contributed by atoms with E-state index in [1.165, 1.54) is 0 Å². The fourth-order valence-electron chi connectivity index (χ4n) is 2.37. The number of rotatable bonds is 4. The summed E-state index contributed by atoms with van der Waals surface area (Å²) in [4.78, 5) is 9.39. The second kappa shape index (κ2) is 12.4. The van der Waals surface area contributed by atoms with Gasteiger partial charge in [0, 0.05) is 16.5 Å². The van der Waals surface area contributed by atoms with Crippen LogP contribution in [0.4, 0.5) is 5.69 Å². The van der Waals surface area contributed by atoms with E-state index in [2.05, 4.69) is 53.8 Å². The van der Waals surface area contributed by atoms with E-state index in [1.54, 1.807) is 0 Å². The van der Waals surface area contributed by atoms with Gasteiger partial charge < -0.3 is 5.73 Å². The van der Waals surface area contributed by atoms with Crippen LogP contribution in [0.15, 0.2) is 56.9 Å². The quantitative estimate of drug-likeness (QED) is 0.423. The lowest BCUT2D eigenvalue weighted by atomic mass is 10.1. The van der Waals surface area contributed by atoms with E-state index < -0.39 is 0 Å². The van der Waals surface area contributed by atoms with E-state index >= 15 is 0 Å². The van der Waals surface area contributed by atoms with Crippen LogP contribution < -0.4 is 5.73 Å². The van der Waals surface area contributed by atoms with Crippen molar-refractivity contribution in [1.82, 2.24) is 0 Å². The number of halogens is 1. The molecule has 0 bridgehead atoms. The summed E-state index contributed by atoms with van der Waals surface area (Å²) in [6.45, 7) is 10.2. The maximum absolute atomic E-state index is 6.04. The van der Waals surface area contributed by atoms with Crippen LogP contribution in [0.5, 0.6) is 0 Å². The summed E-state index contributed by atoms with van der Waals surface area (Å²) < 4.78 is 1.06. The van der Waals surface area contributed by atoms with Crippen LogP contribution in [0, 0.1) is 13.8 Å². The summed E-state index contributed by atoms with van der Waals surface area (Å²) in [6.07, 6.45) is 1.73. The summed E-state index contributed by atoms with van der Waals surface area (Å²) >= 11 is 3.52. The normalized spacial score (nSPS) is 11.3. The molecule has 0 radical (unpaired) electrons. The highest BCUT2D eigenvalue weighted by Crippen LogP contribution is 2.28. The van der Waals surface area contributed by atoms with Gasteiger partial charge >= 0.3 is 0 Å². The first-order valence-corrected chi connectivity index (χ1v) is 9.54. The Morgan fingerprint density at radius 1 is 1.04 bits per heavy atom. The van der Waals surface area contributed by atoms with Crippen molar-refractivity contribution in [3.63, 3.8) is 0 Å². The molecule has 0 aromatic heterocycles. The van der Waals surface area contributed by atoms with Gasteiger partial charge in [-0.1, -0.05) is 74.5 Å². The molecule has 0 spiro atoms. The highest BCUT2D eigenvalue weighted by atomic mass is 79.9. The number of amidine groups is 2. The Labute approximate surface area is 167 Å². The van der Waals surface area contributed by atoms with Gasteiger partial charge in [-0.15, -0.1) is 0 Å². The topological polar surface area (TPSA) is 50.7 Å². The first kappa shape index (κ1) is 24.1. The molecule has 2 aromatic rings. The third-order valence-corrected chi connectivity index (χ3v) is 3.92. The van der Waals surface area contributed by atoms with Gasteiger partial charge in [-0.05, 0) is 43.5 Å². The van der Waals surface area contributed by atoms with Crippen molar-refractivity contribution in [3.05, 3.63) is 63.6 Å². The lowest BCUT2D eigenvalue weighted by Gasteiger charge is -2.09. The SMILES string of the molecule is C.CC.CCCC(N)=NC(=Nc1c(C)cc(Br)cc1C)c1ccccc1. The molecule has 3 nitrogen and oxygen atoms in total. The molecule has 0 aliphatic heterocycles. The molecule has 0 atom stereocenters. The Morgan fingerprint density at radius 2 is 1.58 bits per heavy atom. The fraction of sp³-hybridized carbons (Fsp3) is 0.364. The number of hydrogen-bond acceptors (Lipinski definition) is 1. The van der Waals surface area contributed by atoms with Crippen molar-refractivity contribution in [1.29, 1.82) is 0 Å². The Morgan fingerprint density at radius 3 is 2.08 bits per heavy atom. The molecule has 0 saturated carbocycles. The molecule has 26 heavy (non-hydrogen) atoms. The van der Waals surface area contributed by atoms with Gasteiger partial charge in [-0.2, -0.15) is 0 Å². The molecule has 2 N–H and O–H groups in total. The lowest BCUT2D eigenvalue weighted by Crippen LogP contribution is -2.14. The van der Waals surface area contributed by atoms with Crippen LogP contribution in [0.3, 0.4) is 0 Å². The summed E-state index contributed by atoms with van der Waals surface area (Å²) in [5, 5.41) is 0. The van der Waals surface area contributed by atoms with Gasteiger partial charge in [-0.25, -0.2) is 9.98 Å². The van der Waals surface area contributed by atoms with E-state index in [0.717, 1.165) is 39.7 Å². The monoisotopic (exact) mass is 417 g/mol. The van der Waals surface area contributed by atoms with E-state index in [4.69, 9.17) is 10.7 Å². The summed E-state index contributed by atoms with van der Waals surface area (Å²) in [5.41, 5.74) is 10.2. The van der Waals surface area contributed by atoms with Gasteiger partial charge in [0.25, 0.3) is 0 Å². The first-order valence-electron chi connectivity index (χ1n) is 8.75. The highest BCUT2D eigenvalue weighted by Gasteiger charge is 2.08. The predicted octanol–water partition coefficient (Wildman–Crippen LogP) is 6.96. The fourth-order valence-corrected chi connectivity index (χ4v) is 3.06. The Hall–Kier alpha value is -1.94. The zero-order chi connectivity index (χ0) is 18.8. The molecule has 0 saturated heterocycles. The Kier molecular flexibility index (Phi) is 11.5. The van der Waals surface area contributed by atoms with Gasteiger partial charge in [0.2, 0.25) is 0 Å². The molecular formula is C22H32BrN3. The zero-order valence-corrected chi connectivity index (χ0v) is 17.4. The van der Waals surface area contributed by atoms with Crippen molar-refractivity contribution < 1.29 is 0 Å². The third-order valence-electron chi connectivity index (χ3n) is 3.46. The van der Waals surface area contributed by atoms with Crippen molar-refractivity contribution in [2.24, 2.45) is 15.7 Å². The molecule has 4 heteroatoms. The van der Waals surface area contributed by atoms with Gasteiger partial charge in [0.05, 0.1) is 5.69 Å². The number of benzene rings is 2. The largest absolute Gasteiger partial charge is 0.387 e. The van der Waals surface area contributed by atoms with Crippen LogP contribution >= 0.6 is 15.9 Å². The second-order valence-electron chi connectivity index (χ2n) is 5.54. The van der Waals surface area contributed by atoms with Crippen LogP contribution in [-0.4, -0.2) is 11.7 Å². The van der Waals surface area contributed by atoms with Crippen LogP contribution in [-0.2, 0) is 0 Å². The van der Waals surface area contributed by atoms with Crippen molar-refractivity contribution in [3.8, 4) is 0 Å². The minimum Gasteiger partial charge on any atom is -0.387 e. The molecule has 0 amide bonds. The van der Waals surface area contributed by atoms with E-state index in [9.17, 15) is 0 Å². The minimum atomic E-state index is 0. The van der Waals surface area contributed by atoms with Crippen LogP contribution in [0.2, 0.25) is 0 Å². The Balaban J connectivity index is 0.00000201. The minimum absolute atomic E-state index is 0. The van der Waals surface area contributed by atoms with E-state index in [0.29, 0.717) is 11.7 Å². The van der Waals surface area contributed by atoms with E-state index in [-0.39, 0.29) is 7.43 Å². The molecule has 2 rings (SSSR count). The molecular weight excluding hydrogens is 386 g/mol. The van der Waals surface area contributed by atoms with Crippen molar-refractivity contribution in [2.45, 2.75) is 54.9 Å². The average Bonchev–Trinajstić information content (AvgIpc) is 2.59. The average molecular weight is 418 g/mol. The summed E-state index contributed by atoms with van der Waals surface area (Å²) in [6, 6.07) is 14.1. The molecule has 0 unspecified atom stereocenters. The summed E-state index contributed by atoms with van der Waals surface area (Å²) in [5.74, 6) is 1.27. The number of hydrogen-bond donors (Lipinski definition) is 1. The molecule has 0 heterocycles. The van der Waals surface area contributed by atoms with Gasteiger partial charge in [0.1, 0.15) is 5.84 Å². The third kappa shape index (κ3) is 7.12. The van der Waals surface area contributed by atoms with Crippen LogP contribution in [0.25, 0.3) is 0 Å². The van der Waals surface area contributed by atoms with Gasteiger partial charge in [-0.3, -0.25) is 0 Å². The number of aliphatic imine (C=N–C) groups is 2. The maximum Gasteiger partial charge on any atom is 0.161 e. The maximum atomic E-state index is 6.04. The molecule has 0 fully saturated rings. The standard InChI is InChI=1S/C19H22BrN3.C2H6.CH4/c1-4-8-17(21)22-19(15-9-6-5-7-10-15)23-18-13(2)11-16(20)12-14(18)3;1-2;/h5-7,9-12H,4,8H2,1-3H3,(H2,21,22,23);1-2H3;1H4. The van der Waals surface area contributed by atoms with Crippen molar-refractivity contribution in [2.75, 3.05) is 0 Å². The van der Waals surface area contributed by atoms with E-state index in [1.807, 2.05) is 44.2 Å². The molecule has 0 aliphatic carbocycles. The number of nitrogens with zero attached hydrogens (tertiary/aromatic N) is 2. The highest BCUT2D eigenvalue weighted by molar-refractivity contribution is 9.10. The molecule has 0 aliphatic rings. The van der Waals surface area contributed by atoms with Gasteiger partial charge in [0.15, 0.2) is 5.84 Å². The zero-order valence-electron chi connectivity index (χ0n) is 15.8. The number of nitrogens with two attached hydrogens (primary N) is 1. The van der Waals surface area contributed by atoms with Crippen LogP contribution in [0.1, 0.15) is 57.7 Å². The van der Waals surface area contributed by atoms with Crippen molar-refractivity contribution >= 4 is 33.3 Å². The number of aryl methyl sites for hydroxylation is 2. The predicted molar refractivity (Wildman–Crippen MR) is 121 cm³/mol. The molecule has 142 valence electrons. The smallest absolute Gasteiger partial charge is 0.161 e. The molecule has 2 aromatic carbocycles. The first-order chi connectivity index (χ1) is 12.0. The lowest BCUT2D eigenvalue weighted by molar-refractivity contribution is 0.984. The Bertz CT molecular complexity index is 711. The summed E-state index contributed by atoms with van der Waals surface area (Å²) in [7, 11) is 0.